The summed E-state index contributed by atoms with van der Waals surface area (Å²) in [6.45, 7) is 3.11. The number of nitrogens with zero attached hydrogens (tertiary/aromatic N) is 1. The van der Waals surface area contributed by atoms with Crippen LogP contribution in [0, 0.1) is 5.41 Å². The zero-order valence-corrected chi connectivity index (χ0v) is 14.0. The number of fused-ring (bicyclic) bond motifs is 1. The largest absolute Gasteiger partial charge is 0.384 e. The van der Waals surface area contributed by atoms with E-state index in [1.54, 1.807) is 7.11 Å². The first kappa shape index (κ1) is 16.5. The van der Waals surface area contributed by atoms with E-state index in [1.165, 1.54) is 5.56 Å². The number of benzene rings is 1. The van der Waals surface area contributed by atoms with Crippen molar-refractivity contribution < 1.29 is 14.3 Å². The molecule has 0 N–H and O–H groups in total. The third kappa shape index (κ3) is 3.75. The predicted molar refractivity (Wildman–Crippen MR) is 89.2 cm³/mol. The number of carbonyl (C=O) groups excluding carboxylic acids is 1. The van der Waals surface area contributed by atoms with E-state index in [9.17, 15) is 4.79 Å². The molecule has 0 aliphatic carbocycles. The second-order valence-corrected chi connectivity index (χ2v) is 6.85. The van der Waals surface area contributed by atoms with Crippen molar-refractivity contribution in [3.05, 3.63) is 35.9 Å². The molecule has 2 saturated heterocycles. The molecule has 1 aromatic carbocycles. The molecule has 0 aromatic heterocycles. The minimum absolute atomic E-state index is 0.00629. The zero-order valence-electron chi connectivity index (χ0n) is 14.0. The van der Waals surface area contributed by atoms with E-state index in [-0.39, 0.29) is 17.4 Å². The van der Waals surface area contributed by atoms with Crippen molar-refractivity contribution in [1.29, 1.82) is 0 Å². The molecule has 2 atom stereocenters. The van der Waals surface area contributed by atoms with Gasteiger partial charge in [0.15, 0.2) is 0 Å². The van der Waals surface area contributed by atoms with Gasteiger partial charge in [0.25, 0.3) is 0 Å². The Kier molecular flexibility index (Phi) is 5.34. The number of likely N-dealkylation sites (tertiary alicyclic amines) is 1. The summed E-state index contributed by atoms with van der Waals surface area (Å²) in [4.78, 5) is 14.7. The minimum Gasteiger partial charge on any atom is -0.384 e. The zero-order chi connectivity index (χ0) is 16.1. The topological polar surface area (TPSA) is 38.8 Å². The van der Waals surface area contributed by atoms with Gasteiger partial charge < -0.3 is 14.4 Å². The summed E-state index contributed by atoms with van der Waals surface area (Å²) in [7, 11) is 1.75. The van der Waals surface area contributed by atoms with Gasteiger partial charge in [0.05, 0.1) is 12.7 Å². The molecule has 2 aliphatic heterocycles. The predicted octanol–water partition coefficient (Wildman–Crippen LogP) is 2.66. The first-order valence-corrected chi connectivity index (χ1v) is 8.66. The average molecular weight is 317 g/mol. The number of hydrogen-bond acceptors (Lipinski definition) is 3. The number of carbonyl (C=O) groups is 1. The molecule has 1 amide bonds. The van der Waals surface area contributed by atoms with Gasteiger partial charge in [0.2, 0.25) is 5.91 Å². The van der Waals surface area contributed by atoms with Gasteiger partial charge in [-0.15, -0.1) is 0 Å². The lowest BCUT2D eigenvalue weighted by Gasteiger charge is -2.50. The van der Waals surface area contributed by atoms with Crippen LogP contribution in [0.3, 0.4) is 0 Å². The Balaban J connectivity index is 1.60. The fraction of sp³-hybridized carbons (Fsp3) is 0.632. The SMILES string of the molecule is COC[C@]12CCCO[C@@H]1CCN(C(=O)CCc1ccccc1)C2. The molecule has 0 bridgehead atoms. The summed E-state index contributed by atoms with van der Waals surface area (Å²) >= 11 is 0. The van der Waals surface area contributed by atoms with Crippen molar-refractivity contribution in [1.82, 2.24) is 4.90 Å². The van der Waals surface area contributed by atoms with E-state index in [1.807, 2.05) is 23.1 Å². The highest BCUT2D eigenvalue weighted by Gasteiger charge is 2.46. The van der Waals surface area contributed by atoms with E-state index in [0.717, 1.165) is 45.4 Å². The Morgan fingerprint density at radius 1 is 1.39 bits per heavy atom. The van der Waals surface area contributed by atoms with Crippen molar-refractivity contribution in [3.8, 4) is 0 Å². The molecule has 0 radical (unpaired) electrons. The van der Waals surface area contributed by atoms with Gasteiger partial charge in [0.1, 0.15) is 0 Å². The fourth-order valence-corrected chi connectivity index (χ4v) is 4.06. The lowest BCUT2D eigenvalue weighted by Crippen LogP contribution is -2.58. The number of ether oxygens (including phenoxy) is 2. The van der Waals surface area contributed by atoms with Crippen LogP contribution in [-0.2, 0) is 20.7 Å². The summed E-state index contributed by atoms with van der Waals surface area (Å²) < 4.78 is 11.5. The van der Waals surface area contributed by atoms with Crippen molar-refractivity contribution in [2.45, 2.75) is 38.2 Å². The Labute approximate surface area is 138 Å². The van der Waals surface area contributed by atoms with Crippen LogP contribution in [0.1, 0.15) is 31.2 Å². The quantitative estimate of drug-likeness (QED) is 0.838. The first-order chi connectivity index (χ1) is 11.2. The third-order valence-corrected chi connectivity index (χ3v) is 5.24. The molecule has 2 aliphatic rings. The Hall–Kier alpha value is -1.39. The molecule has 3 rings (SSSR count). The number of amides is 1. The number of rotatable bonds is 5. The maximum absolute atomic E-state index is 12.6. The van der Waals surface area contributed by atoms with Gasteiger partial charge in [-0.3, -0.25) is 4.79 Å². The van der Waals surface area contributed by atoms with Crippen LogP contribution in [0.2, 0.25) is 0 Å². The lowest BCUT2D eigenvalue weighted by atomic mass is 9.73. The normalized spacial score (nSPS) is 27.5. The highest BCUT2D eigenvalue weighted by Crippen LogP contribution is 2.40. The lowest BCUT2D eigenvalue weighted by molar-refractivity contribution is -0.162. The molecule has 0 saturated carbocycles. The highest BCUT2D eigenvalue weighted by atomic mass is 16.5. The molecule has 4 heteroatoms. The molecule has 2 heterocycles. The van der Waals surface area contributed by atoms with Crippen molar-refractivity contribution in [3.63, 3.8) is 0 Å². The van der Waals surface area contributed by atoms with E-state index in [2.05, 4.69) is 12.1 Å². The number of hydrogen-bond donors (Lipinski definition) is 0. The molecule has 126 valence electrons. The molecule has 23 heavy (non-hydrogen) atoms. The van der Waals surface area contributed by atoms with Gasteiger partial charge in [-0.2, -0.15) is 0 Å². The first-order valence-electron chi connectivity index (χ1n) is 8.66. The van der Waals surface area contributed by atoms with Crippen molar-refractivity contribution in [2.24, 2.45) is 5.41 Å². The standard InChI is InChI=1S/C19H27NO3/c1-22-15-19-11-5-13-23-17(19)10-12-20(14-19)18(21)9-8-16-6-3-2-4-7-16/h2-4,6-7,17H,5,8-15H2,1H3/t17-,19-/m1/s1. The molecular formula is C19H27NO3. The molecule has 4 nitrogen and oxygen atoms in total. The number of methoxy groups -OCH3 is 1. The van der Waals surface area contributed by atoms with Gasteiger partial charge in [-0.05, 0) is 31.2 Å². The summed E-state index contributed by atoms with van der Waals surface area (Å²) in [6.07, 6.45) is 4.72. The van der Waals surface area contributed by atoms with E-state index in [0.29, 0.717) is 13.0 Å². The average Bonchev–Trinajstić information content (AvgIpc) is 2.60. The smallest absolute Gasteiger partial charge is 0.222 e. The number of aryl methyl sites for hydroxylation is 1. The van der Waals surface area contributed by atoms with Crippen LogP contribution < -0.4 is 0 Å². The van der Waals surface area contributed by atoms with E-state index >= 15 is 0 Å². The van der Waals surface area contributed by atoms with Crippen LogP contribution in [0.5, 0.6) is 0 Å². The monoisotopic (exact) mass is 317 g/mol. The minimum atomic E-state index is -0.00629. The Morgan fingerprint density at radius 2 is 2.22 bits per heavy atom. The molecule has 2 fully saturated rings. The fourth-order valence-electron chi connectivity index (χ4n) is 4.06. The van der Waals surface area contributed by atoms with Gasteiger partial charge >= 0.3 is 0 Å². The molecule has 0 unspecified atom stereocenters. The summed E-state index contributed by atoms with van der Waals surface area (Å²) in [5.41, 5.74) is 1.22. The molecule has 0 spiro atoms. The third-order valence-electron chi connectivity index (χ3n) is 5.24. The van der Waals surface area contributed by atoms with Gasteiger partial charge in [0, 0.05) is 38.6 Å². The van der Waals surface area contributed by atoms with Crippen LogP contribution >= 0.6 is 0 Å². The van der Waals surface area contributed by atoms with Crippen LogP contribution in [-0.4, -0.2) is 50.3 Å². The van der Waals surface area contributed by atoms with Crippen molar-refractivity contribution in [2.75, 3.05) is 33.4 Å². The molecule has 1 aromatic rings. The van der Waals surface area contributed by atoms with Crippen LogP contribution in [0.4, 0.5) is 0 Å². The maximum atomic E-state index is 12.6. The Morgan fingerprint density at radius 3 is 3.00 bits per heavy atom. The summed E-state index contributed by atoms with van der Waals surface area (Å²) in [6, 6.07) is 10.2. The highest BCUT2D eigenvalue weighted by molar-refractivity contribution is 5.76. The van der Waals surface area contributed by atoms with E-state index < -0.39 is 0 Å². The van der Waals surface area contributed by atoms with Crippen LogP contribution in [0.15, 0.2) is 30.3 Å². The van der Waals surface area contributed by atoms with E-state index in [4.69, 9.17) is 9.47 Å². The van der Waals surface area contributed by atoms with Gasteiger partial charge in [-0.1, -0.05) is 30.3 Å². The Bertz CT molecular complexity index is 515. The number of piperidine rings is 1. The van der Waals surface area contributed by atoms with Crippen molar-refractivity contribution >= 4 is 5.91 Å². The summed E-state index contributed by atoms with van der Waals surface area (Å²) in [5, 5.41) is 0. The molecular weight excluding hydrogens is 290 g/mol. The van der Waals surface area contributed by atoms with Crippen LogP contribution in [0.25, 0.3) is 0 Å². The van der Waals surface area contributed by atoms with Gasteiger partial charge in [-0.25, -0.2) is 0 Å². The second kappa shape index (κ2) is 7.45. The maximum Gasteiger partial charge on any atom is 0.222 e. The summed E-state index contributed by atoms with van der Waals surface area (Å²) in [5.74, 6) is 0.258. The second-order valence-electron chi connectivity index (χ2n) is 6.85.